The first-order chi connectivity index (χ1) is 14.3. The van der Waals surface area contributed by atoms with Crippen molar-refractivity contribution in [3.8, 4) is 0 Å². The van der Waals surface area contributed by atoms with Crippen LogP contribution in [-0.2, 0) is 9.53 Å². The average Bonchev–Trinajstić information content (AvgIpc) is 3.05. The molecule has 0 aliphatic heterocycles. The summed E-state index contributed by atoms with van der Waals surface area (Å²) in [6.07, 6.45) is 19.2. The first kappa shape index (κ1) is 22.2. The van der Waals surface area contributed by atoms with Gasteiger partial charge in [0.05, 0.1) is 0 Å². The van der Waals surface area contributed by atoms with Gasteiger partial charge in [0.25, 0.3) is 6.47 Å². The van der Waals surface area contributed by atoms with Gasteiger partial charge >= 0.3 is 0 Å². The van der Waals surface area contributed by atoms with Crippen LogP contribution in [-0.4, -0.2) is 12.6 Å². The molecule has 1 unspecified atom stereocenters. The summed E-state index contributed by atoms with van der Waals surface area (Å²) in [7, 11) is 0. The SMILES string of the molecule is CC(C)CCC[C@@H](C)[C@H]1CC[C@H]2[C@@H]3C=CC4=CC(OC=O)CC[C@]4(C)[C@H]3CC[C@]12C. The number of carbonyl (C=O) groups excluding carboxylic acids is 1. The number of hydrogen-bond acceptors (Lipinski definition) is 2. The molecule has 30 heavy (non-hydrogen) atoms. The third-order valence-corrected chi connectivity index (χ3v) is 10.1. The molecule has 0 aromatic carbocycles. The zero-order valence-corrected chi connectivity index (χ0v) is 20.0. The molecule has 2 saturated carbocycles. The lowest BCUT2D eigenvalue weighted by Gasteiger charge is -2.57. The molecule has 168 valence electrons. The van der Waals surface area contributed by atoms with E-state index in [1.807, 2.05) is 0 Å². The van der Waals surface area contributed by atoms with E-state index in [0.717, 1.165) is 48.3 Å². The van der Waals surface area contributed by atoms with Gasteiger partial charge in [-0.05, 0) is 96.5 Å². The van der Waals surface area contributed by atoms with Gasteiger partial charge < -0.3 is 4.74 Å². The number of fused-ring (bicyclic) bond motifs is 5. The van der Waals surface area contributed by atoms with Crippen molar-refractivity contribution in [1.29, 1.82) is 0 Å². The van der Waals surface area contributed by atoms with Gasteiger partial charge in [-0.2, -0.15) is 0 Å². The van der Waals surface area contributed by atoms with E-state index in [0.29, 0.717) is 11.9 Å². The summed E-state index contributed by atoms with van der Waals surface area (Å²) in [5.74, 6) is 4.96. The zero-order chi connectivity index (χ0) is 21.5. The molecular formula is C28H44O2. The van der Waals surface area contributed by atoms with Gasteiger partial charge in [-0.1, -0.05) is 66.0 Å². The number of hydrogen-bond donors (Lipinski definition) is 0. The topological polar surface area (TPSA) is 26.3 Å². The summed E-state index contributed by atoms with van der Waals surface area (Å²) in [5, 5.41) is 0. The van der Waals surface area contributed by atoms with Crippen LogP contribution < -0.4 is 0 Å². The van der Waals surface area contributed by atoms with Gasteiger partial charge in [-0.25, -0.2) is 0 Å². The van der Waals surface area contributed by atoms with Crippen molar-refractivity contribution in [2.45, 2.75) is 98.5 Å². The second kappa shape index (κ2) is 8.47. The number of ether oxygens (including phenoxy) is 1. The van der Waals surface area contributed by atoms with Crippen LogP contribution in [0.1, 0.15) is 92.4 Å². The minimum absolute atomic E-state index is 0.0248. The highest BCUT2D eigenvalue weighted by Gasteiger charge is 2.58. The monoisotopic (exact) mass is 412 g/mol. The van der Waals surface area contributed by atoms with Crippen LogP contribution in [0.4, 0.5) is 0 Å². The average molecular weight is 413 g/mol. The van der Waals surface area contributed by atoms with E-state index < -0.39 is 0 Å². The Morgan fingerprint density at radius 1 is 1.07 bits per heavy atom. The molecular weight excluding hydrogens is 368 g/mol. The highest BCUT2D eigenvalue weighted by Crippen LogP contribution is 2.66. The van der Waals surface area contributed by atoms with E-state index in [1.165, 1.54) is 50.5 Å². The fourth-order valence-corrected chi connectivity index (χ4v) is 8.33. The molecule has 0 aromatic heterocycles. The molecule has 2 heteroatoms. The fraction of sp³-hybridized carbons (Fsp3) is 0.821. The summed E-state index contributed by atoms with van der Waals surface area (Å²) in [4.78, 5) is 10.8. The summed E-state index contributed by atoms with van der Waals surface area (Å²) in [6, 6.07) is 0. The van der Waals surface area contributed by atoms with E-state index in [2.05, 4.69) is 52.8 Å². The van der Waals surface area contributed by atoms with Crippen molar-refractivity contribution < 1.29 is 9.53 Å². The first-order valence-corrected chi connectivity index (χ1v) is 12.8. The van der Waals surface area contributed by atoms with E-state index in [1.54, 1.807) is 0 Å². The molecule has 0 heterocycles. The molecule has 0 saturated heterocycles. The molecule has 4 aliphatic carbocycles. The van der Waals surface area contributed by atoms with Crippen LogP contribution in [0, 0.1) is 46.3 Å². The molecule has 0 aromatic rings. The molecule has 2 fully saturated rings. The smallest absolute Gasteiger partial charge is 0.293 e. The lowest BCUT2D eigenvalue weighted by atomic mass is 9.48. The van der Waals surface area contributed by atoms with Crippen molar-refractivity contribution in [3.05, 3.63) is 23.8 Å². The Bertz CT molecular complexity index is 691. The van der Waals surface area contributed by atoms with Crippen molar-refractivity contribution in [2.75, 3.05) is 0 Å². The Hall–Kier alpha value is -1.05. The third-order valence-electron chi connectivity index (χ3n) is 10.1. The Balaban J connectivity index is 1.51. The second-order valence-electron chi connectivity index (χ2n) is 12.0. The van der Waals surface area contributed by atoms with Gasteiger partial charge in [0.2, 0.25) is 0 Å². The lowest BCUT2D eigenvalue weighted by Crippen LogP contribution is -2.49. The molecule has 4 aliphatic rings. The van der Waals surface area contributed by atoms with Crippen LogP contribution in [0.5, 0.6) is 0 Å². The summed E-state index contributed by atoms with van der Waals surface area (Å²) in [6.45, 7) is 13.0. The van der Waals surface area contributed by atoms with Crippen LogP contribution in [0.3, 0.4) is 0 Å². The maximum absolute atomic E-state index is 10.8. The van der Waals surface area contributed by atoms with Crippen molar-refractivity contribution in [2.24, 2.45) is 46.3 Å². The molecule has 8 atom stereocenters. The van der Waals surface area contributed by atoms with E-state index in [-0.39, 0.29) is 11.5 Å². The Morgan fingerprint density at radius 2 is 1.87 bits per heavy atom. The number of allylic oxidation sites excluding steroid dienone is 3. The molecule has 0 N–H and O–H groups in total. The molecule has 0 radical (unpaired) electrons. The predicted octanol–water partition coefficient (Wildman–Crippen LogP) is 7.35. The van der Waals surface area contributed by atoms with Crippen LogP contribution in [0.2, 0.25) is 0 Å². The van der Waals surface area contributed by atoms with Gasteiger partial charge in [0.1, 0.15) is 6.10 Å². The quantitative estimate of drug-likeness (QED) is 0.409. The Kier molecular flexibility index (Phi) is 6.26. The summed E-state index contributed by atoms with van der Waals surface area (Å²) < 4.78 is 5.29. The largest absolute Gasteiger partial charge is 0.460 e. The highest BCUT2D eigenvalue weighted by atomic mass is 16.5. The number of rotatable bonds is 7. The maximum atomic E-state index is 10.8. The van der Waals surface area contributed by atoms with Crippen LogP contribution in [0.15, 0.2) is 23.8 Å². The minimum atomic E-state index is -0.0248. The first-order valence-electron chi connectivity index (χ1n) is 12.8. The predicted molar refractivity (Wildman–Crippen MR) is 124 cm³/mol. The number of carbonyl (C=O) groups is 1. The van der Waals surface area contributed by atoms with E-state index >= 15 is 0 Å². The molecule has 0 amide bonds. The van der Waals surface area contributed by atoms with Gasteiger partial charge in [0.15, 0.2) is 0 Å². The van der Waals surface area contributed by atoms with Crippen LogP contribution >= 0.6 is 0 Å². The van der Waals surface area contributed by atoms with Crippen molar-refractivity contribution >= 4 is 6.47 Å². The summed E-state index contributed by atoms with van der Waals surface area (Å²) in [5.41, 5.74) is 2.23. The van der Waals surface area contributed by atoms with Crippen molar-refractivity contribution in [3.63, 3.8) is 0 Å². The van der Waals surface area contributed by atoms with E-state index in [9.17, 15) is 4.79 Å². The highest BCUT2D eigenvalue weighted by molar-refractivity contribution is 5.41. The third kappa shape index (κ3) is 3.71. The Labute approximate surface area is 184 Å². The van der Waals surface area contributed by atoms with Gasteiger partial charge in [-0.15, -0.1) is 0 Å². The van der Waals surface area contributed by atoms with Crippen molar-refractivity contribution in [1.82, 2.24) is 0 Å². The van der Waals surface area contributed by atoms with Gasteiger partial charge in [-0.3, -0.25) is 4.79 Å². The zero-order valence-electron chi connectivity index (χ0n) is 20.0. The standard InChI is InChI=1S/C28H44O2/c1-19(2)7-6-8-20(3)24-11-12-25-23-10-9-21-17-22(30-18-29)13-15-27(21,4)26(23)14-16-28(24,25)5/h9-10,17-20,22-26H,6-8,11-16H2,1-5H3/t20-,22?,23+,24-,25+,26+,27+,28-/m1/s1. The normalized spacial score (nSPS) is 43.4. The molecule has 2 nitrogen and oxygen atoms in total. The van der Waals surface area contributed by atoms with Crippen LogP contribution in [0.25, 0.3) is 0 Å². The molecule has 0 bridgehead atoms. The minimum Gasteiger partial charge on any atom is -0.460 e. The van der Waals surface area contributed by atoms with Gasteiger partial charge in [0, 0.05) is 0 Å². The summed E-state index contributed by atoms with van der Waals surface area (Å²) >= 11 is 0. The van der Waals surface area contributed by atoms with E-state index in [4.69, 9.17) is 4.74 Å². The maximum Gasteiger partial charge on any atom is 0.293 e. The lowest BCUT2D eigenvalue weighted by molar-refractivity contribution is -0.132. The Morgan fingerprint density at radius 3 is 2.60 bits per heavy atom. The molecule has 0 spiro atoms. The fourth-order valence-electron chi connectivity index (χ4n) is 8.33. The second-order valence-corrected chi connectivity index (χ2v) is 12.0. The molecule has 4 rings (SSSR count).